The Morgan fingerprint density at radius 1 is 0.970 bits per heavy atom. The van der Waals surface area contributed by atoms with Gasteiger partial charge in [0.1, 0.15) is 16.9 Å². The van der Waals surface area contributed by atoms with Gasteiger partial charge < -0.3 is 19.4 Å². The van der Waals surface area contributed by atoms with E-state index in [9.17, 15) is 9.59 Å². The van der Waals surface area contributed by atoms with Crippen LogP contribution in [0.3, 0.4) is 0 Å². The van der Waals surface area contributed by atoms with Gasteiger partial charge in [-0.25, -0.2) is 0 Å². The molecule has 6 rings (SSSR count). The van der Waals surface area contributed by atoms with Gasteiger partial charge in [0.15, 0.2) is 0 Å². The Hall–Kier alpha value is -3.80. The number of nitrogens with zero attached hydrogens (tertiary/aromatic N) is 1. The molecule has 2 heterocycles. The normalized spacial score (nSPS) is 18.3. The number of rotatable bonds is 4. The number of benzene rings is 3. The van der Waals surface area contributed by atoms with Crippen molar-refractivity contribution in [3.63, 3.8) is 0 Å². The van der Waals surface area contributed by atoms with Crippen LogP contribution in [0.1, 0.15) is 17.5 Å². The molecule has 166 valence electrons. The first-order chi connectivity index (χ1) is 16.1. The van der Waals surface area contributed by atoms with E-state index in [4.69, 9.17) is 9.15 Å². The Kier molecular flexibility index (Phi) is 4.61. The first-order valence-electron chi connectivity index (χ1n) is 11.3. The number of likely N-dealkylation sites (tertiary alicyclic amines) is 1. The molecule has 1 unspecified atom stereocenters. The Morgan fingerprint density at radius 2 is 1.70 bits per heavy atom. The third-order valence-electron chi connectivity index (χ3n) is 6.96. The van der Waals surface area contributed by atoms with Crippen molar-refractivity contribution in [2.24, 2.45) is 5.92 Å². The Balaban J connectivity index is 1.22. The maximum Gasteiger partial charge on any atom is 0.229 e. The molecule has 1 aromatic heterocycles. The number of para-hydroxylation sites is 1. The van der Waals surface area contributed by atoms with Crippen LogP contribution in [0.2, 0.25) is 0 Å². The van der Waals surface area contributed by atoms with Crippen molar-refractivity contribution in [1.82, 2.24) is 4.90 Å². The van der Waals surface area contributed by atoms with Crippen molar-refractivity contribution < 1.29 is 18.7 Å². The lowest BCUT2D eigenvalue weighted by Gasteiger charge is -2.24. The highest BCUT2D eigenvalue weighted by Crippen LogP contribution is 2.37. The maximum absolute atomic E-state index is 13.1. The predicted molar refractivity (Wildman–Crippen MR) is 126 cm³/mol. The summed E-state index contributed by atoms with van der Waals surface area (Å²) in [6, 6.07) is 20.0. The van der Waals surface area contributed by atoms with Crippen LogP contribution >= 0.6 is 0 Å². The number of carbonyl (C=O) groups is 2. The number of nitrogens with one attached hydrogen (secondary N) is 1. The molecule has 0 saturated carbocycles. The highest BCUT2D eigenvalue weighted by Gasteiger charge is 2.40. The molecule has 2 aliphatic rings. The average molecular weight is 440 g/mol. The third-order valence-corrected chi connectivity index (χ3v) is 6.96. The number of amides is 2. The summed E-state index contributed by atoms with van der Waals surface area (Å²) in [5.74, 6) is 0.0508. The van der Waals surface area contributed by atoms with Crippen LogP contribution in [-0.4, -0.2) is 36.4 Å². The molecule has 33 heavy (non-hydrogen) atoms. The average Bonchev–Trinajstić information content (AvgIpc) is 3.52. The fraction of sp³-hybridized carbons (Fsp3) is 0.259. The number of furan rings is 1. The number of anilines is 1. The summed E-state index contributed by atoms with van der Waals surface area (Å²) in [6.07, 6.45) is 1.94. The fourth-order valence-electron chi connectivity index (χ4n) is 5.27. The molecular formula is C27H24N2O4. The Morgan fingerprint density at radius 3 is 2.45 bits per heavy atom. The van der Waals surface area contributed by atoms with E-state index in [1.807, 2.05) is 47.4 Å². The molecule has 1 saturated heterocycles. The smallest absolute Gasteiger partial charge is 0.229 e. The lowest BCUT2D eigenvalue weighted by atomic mass is 10.1. The first kappa shape index (κ1) is 19.9. The molecule has 1 aliphatic carbocycles. The molecule has 0 radical (unpaired) electrons. The topological polar surface area (TPSA) is 71.8 Å². The van der Waals surface area contributed by atoms with Gasteiger partial charge in [0.05, 0.1) is 18.7 Å². The molecule has 6 nitrogen and oxygen atoms in total. The summed E-state index contributed by atoms with van der Waals surface area (Å²) in [7, 11) is 1.58. The van der Waals surface area contributed by atoms with Crippen LogP contribution in [0, 0.1) is 5.92 Å². The molecule has 2 amide bonds. The second-order valence-corrected chi connectivity index (χ2v) is 8.91. The molecule has 0 bridgehead atoms. The van der Waals surface area contributed by atoms with Gasteiger partial charge in [0.25, 0.3) is 0 Å². The number of methoxy groups -OCH3 is 1. The molecular weight excluding hydrogens is 416 g/mol. The van der Waals surface area contributed by atoms with E-state index in [2.05, 4.69) is 17.4 Å². The molecule has 1 aliphatic heterocycles. The van der Waals surface area contributed by atoms with Gasteiger partial charge in [-0.3, -0.25) is 9.59 Å². The summed E-state index contributed by atoms with van der Waals surface area (Å²) in [5.41, 5.74) is 4.61. The quantitative estimate of drug-likeness (QED) is 0.505. The zero-order valence-corrected chi connectivity index (χ0v) is 18.3. The standard InChI is InChI=1S/C27H24N2O4/c1-32-25-13-21-20-8-4-5-9-23(20)33-24(21)14-22(25)28-27(31)18-12-26(30)29(15-18)19-10-16-6-2-3-7-17(16)11-19/h2-9,13-14,18-19H,10-12,15H2,1H3,(H,28,31). The number of ether oxygens (including phenoxy) is 1. The van der Waals surface area contributed by atoms with Gasteiger partial charge in [-0.05, 0) is 36.1 Å². The van der Waals surface area contributed by atoms with Crippen molar-refractivity contribution in [3.8, 4) is 5.75 Å². The minimum atomic E-state index is -0.391. The zero-order chi connectivity index (χ0) is 22.5. The van der Waals surface area contributed by atoms with Gasteiger partial charge in [-0.2, -0.15) is 0 Å². The molecule has 3 aromatic carbocycles. The SMILES string of the molecule is COc1cc2c(cc1NC(=O)C1CC(=O)N(C3Cc4ccccc4C3)C1)oc1ccccc12. The van der Waals surface area contributed by atoms with E-state index in [1.54, 1.807) is 13.2 Å². The van der Waals surface area contributed by atoms with Crippen LogP contribution < -0.4 is 10.1 Å². The molecule has 6 heteroatoms. The van der Waals surface area contributed by atoms with Gasteiger partial charge >= 0.3 is 0 Å². The van der Waals surface area contributed by atoms with Crippen molar-refractivity contribution >= 4 is 39.4 Å². The number of fused-ring (bicyclic) bond motifs is 4. The van der Waals surface area contributed by atoms with E-state index in [1.165, 1.54) is 11.1 Å². The van der Waals surface area contributed by atoms with Gasteiger partial charge in [-0.15, -0.1) is 0 Å². The summed E-state index contributed by atoms with van der Waals surface area (Å²) >= 11 is 0. The second-order valence-electron chi connectivity index (χ2n) is 8.91. The van der Waals surface area contributed by atoms with Crippen LogP contribution in [0.5, 0.6) is 5.75 Å². The molecule has 4 aromatic rings. The lowest BCUT2D eigenvalue weighted by molar-refractivity contribution is -0.129. The highest BCUT2D eigenvalue weighted by molar-refractivity contribution is 6.08. The summed E-state index contributed by atoms with van der Waals surface area (Å²) in [5, 5.41) is 4.92. The van der Waals surface area contributed by atoms with Crippen molar-refractivity contribution in [2.75, 3.05) is 19.0 Å². The summed E-state index contributed by atoms with van der Waals surface area (Å²) in [4.78, 5) is 27.8. The van der Waals surface area contributed by atoms with Crippen molar-refractivity contribution in [1.29, 1.82) is 0 Å². The Bertz CT molecular complexity index is 1380. The number of carbonyl (C=O) groups excluding carboxylic acids is 2. The molecule has 0 spiro atoms. The fourth-order valence-corrected chi connectivity index (χ4v) is 5.27. The van der Waals surface area contributed by atoms with Gasteiger partial charge in [0.2, 0.25) is 11.8 Å². The lowest BCUT2D eigenvalue weighted by Crippen LogP contribution is -2.38. The largest absolute Gasteiger partial charge is 0.495 e. The van der Waals surface area contributed by atoms with Gasteiger partial charge in [-0.1, -0.05) is 42.5 Å². The van der Waals surface area contributed by atoms with Crippen LogP contribution in [-0.2, 0) is 22.4 Å². The maximum atomic E-state index is 13.1. The van der Waals surface area contributed by atoms with Crippen LogP contribution in [0.25, 0.3) is 21.9 Å². The number of hydrogen-bond donors (Lipinski definition) is 1. The van der Waals surface area contributed by atoms with E-state index in [0.717, 1.165) is 29.2 Å². The second kappa shape index (κ2) is 7.66. The van der Waals surface area contributed by atoms with Crippen molar-refractivity contribution in [2.45, 2.75) is 25.3 Å². The number of hydrogen-bond acceptors (Lipinski definition) is 4. The van der Waals surface area contributed by atoms with Crippen LogP contribution in [0.4, 0.5) is 5.69 Å². The monoisotopic (exact) mass is 440 g/mol. The van der Waals surface area contributed by atoms with Gasteiger partial charge in [0, 0.05) is 35.8 Å². The Labute approximate surface area is 191 Å². The summed E-state index contributed by atoms with van der Waals surface area (Å²) in [6.45, 7) is 0.443. The predicted octanol–water partition coefficient (Wildman–Crippen LogP) is 4.55. The minimum Gasteiger partial charge on any atom is -0.495 e. The third kappa shape index (κ3) is 3.33. The van der Waals surface area contributed by atoms with E-state index in [-0.39, 0.29) is 24.3 Å². The molecule has 1 fully saturated rings. The molecule has 1 atom stereocenters. The summed E-state index contributed by atoms with van der Waals surface area (Å²) < 4.78 is 11.5. The van der Waals surface area contributed by atoms with Crippen molar-refractivity contribution in [3.05, 3.63) is 71.8 Å². The van der Waals surface area contributed by atoms with E-state index < -0.39 is 5.92 Å². The first-order valence-corrected chi connectivity index (χ1v) is 11.3. The van der Waals surface area contributed by atoms with Crippen LogP contribution in [0.15, 0.2) is 65.1 Å². The van der Waals surface area contributed by atoms with E-state index >= 15 is 0 Å². The molecule has 1 N–H and O–H groups in total. The highest BCUT2D eigenvalue weighted by atomic mass is 16.5. The minimum absolute atomic E-state index is 0.0488. The van der Waals surface area contributed by atoms with E-state index in [0.29, 0.717) is 23.6 Å². The zero-order valence-electron chi connectivity index (χ0n) is 18.3.